The molecule has 0 saturated heterocycles. The Morgan fingerprint density at radius 1 is 1.21 bits per heavy atom. The van der Waals surface area contributed by atoms with E-state index in [0.29, 0.717) is 12.0 Å². The van der Waals surface area contributed by atoms with Crippen LogP contribution < -0.4 is 5.73 Å². The number of nitrogens with two attached hydrogens (primary N) is 1. The Balaban J connectivity index is 2.29. The standard InChI is InChI=1S/C17H33NO/c1-3-5-6-7-11-14-16(18)17(19-4-2)15-12-9-8-10-13-15/h3,15-17H,1,4-14,18H2,2H3. The average molecular weight is 267 g/mol. The van der Waals surface area contributed by atoms with E-state index in [1.165, 1.54) is 51.4 Å². The highest BCUT2D eigenvalue weighted by Crippen LogP contribution is 2.30. The lowest BCUT2D eigenvalue weighted by Gasteiger charge is -2.34. The molecular formula is C17H33NO. The fraction of sp³-hybridized carbons (Fsp3) is 0.882. The molecule has 0 radical (unpaired) electrons. The van der Waals surface area contributed by atoms with Crippen molar-refractivity contribution >= 4 is 0 Å². The maximum Gasteiger partial charge on any atom is 0.0753 e. The first kappa shape index (κ1) is 16.7. The molecule has 0 aromatic carbocycles. The summed E-state index contributed by atoms with van der Waals surface area (Å²) in [5.74, 6) is 0.705. The first-order valence-corrected chi connectivity index (χ1v) is 8.27. The van der Waals surface area contributed by atoms with Gasteiger partial charge in [-0.05, 0) is 44.9 Å². The normalized spacial score (nSPS) is 20.1. The Labute approximate surface area is 119 Å². The van der Waals surface area contributed by atoms with Crippen LogP contribution in [-0.4, -0.2) is 18.8 Å². The summed E-state index contributed by atoms with van der Waals surface area (Å²) in [6.45, 7) is 6.65. The van der Waals surface area contributed by atoms with Gasteiger partial charge in [-0.2, -0.15) is 0 Å². The Hall–Kier alpha value is -0.340. The molecule has 2 unspecified atom stereocenters. The lowest BCUT2D eigenvalue weighted by molar-refractivity contribution is -0.0113. The van der Waals surface area contributed by atoms with Crippen molar-refractivity contribution in [3.63, 3.8) is 0 Å². The second kappa shape index (κ2) is 10.4. The molecule has 112 valence electrons. The van der Waals surface area contributed by atoms with Crippen LogP contribution in [0, 0.1) is 5.92 Å². The van der Waals surface area contributed by atoms with Crippen LogP contribution in [0.2, 0.25) is 0 Å². The predicted octanol–water partition coefficient (Wildman–Crippen LogP) is 4.44. The van der Waals surface area contributed by atoms with E-state index in [4.69, 9.17) is 10.5 Å². The van der Waals surface area contributed by atoms with Gasteiger partial charge in [-0.1, -0.05) is 38.2 Å². The van der Waals surface area contributed by atoms with Crippen molar-refractivity contribution < 1.29 is 4.74 Å². The zero-order valence-corrected chi connectivity index (χ0v) is 12.8. The molecule has 0 heterocycles. The summed E-state index contributed by atoms with van der Waals surface area (Å²) in [5, 5.41) is 0. The molecule has 2 atom stereocenters. The lowest BCUT2D eigenvalue weighted by Crippen LogP contribution is -2.42. The molecule has 2 nitrogen and oxygen atoms in total. The minimum absolute atomic E-state index is 0.229. The topological polar surface area (TPSA) is 35.2 Å². The van der Waals surface area contributed by atoms with Crippen LogP contribution in [0.3, 0.4) is 0 Å². The second-order valence-electron chi connectivity index (χ2n) is 5.91. The van der Waals surface area contributed by atoms with Gasteiger partial charge in [0.05, 0.1) is 6.10 Å². The van der Waals surface area contributed by atoms with E-state index in [9.17, 15) is 0 Å². The van der Waals surface area contributed by atoms with Gasteiger partial charge in [0, 0.05) is 12.6 Å². The summed E-state index contributed by atoms with van der Waals surface area (Å²) in [4.78, 5) is 0. The smallest absolute Gasteiger partial charge is 0.0753 e. The van der Waals surface area contributed by atoms with Crippen LogP contribution in [0.5, 0.6) is 0 Å². The largest absolute Gasteiger partial charge is 0.377 e. The first-order valence-electron chi connectivity index (χ1n) is 8.27. The molecule has 0 bridgehead atoms. The van der Waals surface area contributed by atoms with Crippen molar-refractivity contribution in [3.05, 3.63) is 12.7 Å². The zero-order chi connectivity index (χ0) is 13.9. The van der Waals surface area contributed by atoms with E-state index in [1.54, 1.807) is 0 Å². The predicted molar refractivity (Wildman–Crippen MR) is 83.2 cm³/mol. The van der Waals surface area contributed by atoms with Crippen LogP contribution in [-0.2, 0) is 4.74 Å². The van der Waals surface area contributed by atoms with E-state index >= 15 is 0 Å². The van der Waals surface area contributed by atoms with E-state index in [-0.39, 0.29) is 6.04 Å². The molecule has 2 N–H and O–H groups in total. The molecule has 0 aliphatic heterocycles. The Kier molecular flexibility index (Phi) is 9.19. The summed E-state index contributed by atoms with van der Waals surface area (Å²) < 4.78 is 5.98. The maximum atomic E-state index is 6.40. The second-order valence-corrected chi connectivity index (χ2v) is 5.91. The zero-order valence-electron chi connectivity index (χ0n) is 12.8. The summed E-state index contributed by atoms with van der Waals surface area (Å²) in [6, 6.07) is 0.229. The van der Waals surface area contributed by atoms with Gasteiger partial charge in [-0.3, -0.25) is 0 Å². The van der Waals surface area contributed by atoms with E-state index in [2.05, 4.69) is 13.5 Å². The molecule has 1 aliphatic carbocycles. The minimum Gasteiger partial charge on any atom is -0.377 e. The van der Waals surface area contributed by atoms with Crippen molar-refractivity contribution in [1.29, 1.82) is 0 Å². The van der Waals surface area contributed by atoms with Gasteiger partial charge in [0.2, 0.25) is 0 Å². The highest BCUT2D eigenvalue weighted by molar-refractivity contribution is 4.83. The first-order chi connectivity index (χ1) is 9.29. The van der Waals surface area contributed by atoms with Crippen LogP contribution in [0.4, 0.5) is 0 Å². The highest BCUT2D eigenvalue weighted by atomic mass is 16.5. The average Bonchev–Trinajstić information content (AvgIpc) is 2.45. The van der Waals surface area contributed by atoms with Gasteiger partial charge >= 0.3 is 0 Å². The fourth-order valence-electron chi connectivity index (χ4n) is 3.27. The highest BCUT2D eigenvalue weighted by Gasteiger charge is 2.28. The summed E-state index contributed by atoms with van der Waals surface area (Å²) in [5.41, 5.74) is 6.40. The Morgan fingerprint density at radius 3 is 2.58 bits per heavy atom. The molecular weight excluding hydrogens is 234 g/mol. The molecule has 0 spiro atoms. The SMILES string of the molecule is C=CCCCCCC(N)C(OCC)C1CCCCC1. The molecule has 0 amide bonds. The van der Waals surface area contributed by atoms with Crippen LogP contribution >= 0.6 is 0 Å². The molecule has 1 rings (SSSR count). The molecule has 1 aliphatic rings. The van der Waals surface area contributed by atoms with Crippen LogP contribution in [0.15, 0.2) is 12.7 Å². The van der Waals surface area contributed by atoms with Crippen molar-refractivity contribution in [1.82, 2.24) is 0 Å². The van der Waals surface area contributed by atoms with E-state index < -0.39 is 0 Å². The van der Waals surface area contributed by atoms with Gasteiger partial charge in [0.1, 0.15) is 0 Å². The third kappa shape index (κ3) is 6.58. The quantitative estimate of drug-likeness (QED) is 0.469. The van der Waals surface area contributed by atoms with Gasteiger partial charge in [-0.25, -0.2) is 0 Å². The molecule has 19 heavy (non-hydrogen) atoms. The number of unbranched alkanes of at least 4 members (excludes halogenated alkanes) is 3. The van der Waals surface area contributed by atoms with Gasteiger partial charge in [-0.15, -0.1) is 6.58 Å². The van der Waals surface area contributed by atoms with Gasteiger partial charge in [0.25, 0.3) is 0 Å². The van der Waals surface area contributed by atoms with E-state index in [0.717, 1.165) is 19.4 Å². The molecule has 1 saturated carbocycles. The van der Waals surface area contributed by atoms with Crippen molar-refractivity contribution in [2.24, 2.45) is 11.7 Å². The number of hydrogen-bond acceptors (Lipinski definition) is 2. The van der Waals surface area contributed by atoms with Crippen molar-refractivity contribution in [3.8, 4) is 0 Å². The maximum absolute atomic E-state index is 6.40. The number of allylic oxidation sites excluding steroid dienone is 1. The number of hydrogen-bond donors (Lipinski definition) is 1. The minimum atomic E-state index is 0.229. The van der Waals surface area contributed by atoms with Crippen LogP contribution in [0.1, 0.15) is 71.1 Å². The summed E-state index contributed by atoms with van der Waals surface area (Å²) in [7, 11) is 0. The third-order valence-corrected chi connectivity index (χ3v) is 4.34. The van der Waals surface area contributed by atoms with E-state index in [1.807, 2.05) is 6.08 Å². The molecule has 0 aromatic heterocycles. The van der Waals surface area contributed by atoms with Crippen molar-refractivity contribution in [2.45, 2.75) is 83.3 Å². The van der Waals surface area contributed by atoms with Gasteiger partial charge in [0.15, 0.2) is 0 Å². The molecule has 1 fully saturated rings. The molecule has 2 heteroatoms. The van der Waals surface area contributed by atoms with Crippen LogP contribution in [0.25, 0.3) is 0 Å². The third-order valence-electron chi connectivity index (χ3n) is 4.34. The number of ether oxygens (including phenoxy) is 1. The Morgan fingerprint density at radius 2 is 1.95 bits per heavy atom. The Bertz CT molecular complexity index is 223. The lowest BCUT2D eigenvalue weighted by atomic mass is 9.81. The number of rotatable bonds is 10. The monoisotopic (exact) mass is 267 g/mol. The summed E-state index contributed by atoms with van der Waals surface area (Å²) >= 11 is 0. The molecule has 0 aromatic rings. The van der Waals surface area contributed by atoms with Gasteiger partial charge < -0.3 is 10.5 Å². The summed E-state index contributed by atoms with van der Waals surface area (Å²) in [6.07, 6.45) is 15.0. The fourth-order valence-corrected chi connectivity index (χ4v) is 3.27. The van der Waals surface area contributed by atoms with Crippen molar-refractivity contribution in [2.75, 3.05) is 6.61 Å².